The summed E-state index contributed by atoms with van der Waals surface area (Å²) in [6.45, 7) is 2.12. The average Bonchev–Trinajstić information content (AvgIpc) is 2.55. The molecule has 0 aliphatic rings. The smallest absolute Gasteiger partial charge is 0.338 e. The first kappa shape index (κ1) is 14.1. The van der Waals surface area contributed by atoms with Crippen LogP contribution in [-0.2, 0) is 4.74 Å². The number of para-hydroxylation sites is 1. The van der Waals surface area contributed by atoms with Gasteiger partial charge in [-0.25, -0.2) is 4.79 Å². The third kappa shape index (κ3) is 2.63. The fraction of sp³-hybridized carbons (Fsp3) is 0.111. The highest BCUT2D eigenvalue weighted by atomic mass is 16.5. The van der Waals surface area contributed by atoms with Crippen LogP contribution in [0.2, 0.25) is 0 Å². The predicted octanol–water partition coefficient (Wildman–Crippen LogP) is 3.37. The summed E-state index contributed by atoms with van der Waals surface area (Å²) in [6.07, 6.45) is 0. The van der Waals surface area contributed by atoms with E-state index < -0.39 is 0 Å². The van der Waals surface area contributed by atoms with E-state index >= 15 is 0 Å². The van der Waals surface area contributed by atoms with Gasteiger partial charge < -0.3 is 9.72 Å². The fourth-order valence-electron chi connectivity index (χ4n) is 2.35. The standard InChI is InChI=1S/C18H15NO3/c1-2-22-18(21)13-9-7-12(8-10-13)16-11-17(20)14-5-3-4-6-15(14)19-16/h3-11H,2H2,1H3,(H,19,20). The molecule has 0 bridgehead atoms. The number of aromatic amines is 1. The summed E-state index contributed by atoms with van der Waals surface area (Å²) in [6, 6.07) is 15.9. The molecule has 0 radical (unpaired) electrons. The molecule has 4 heteroatoms. The molecule has 0 fully saturated rings. The van der Waals surface area contributed by atoms with Crippen molar-refractivity contribution in [3.63, 3.8) is 0 Å². The molecule has 4 nitrogen and oxygen atoms in total. The zero-order valence-electron chi connectivity index (χ0n) is 12.1. The number of nitrogens with one attached hydrogen (secondary N) is 1. The van der Waals surface area contributed by atoms with Gasteiger partial charge in [0.25, 0.3) is 0 Å². The fourth-order valence-corrected chi connectivity index (χ4v) is 2.35. The molecule has 0 spiro atoms. The Morgan fingerprint density at radius 2 is 1.82 bits per heavy atom. The molecule has 0 aliphatic carbocycles. The molecule has 3 aromatic rings. The minimum absolute atomic E-state index is 0.0289. The van der Waals surface area contributed by atoms with Crippen molar-refractivity contribution in [1.82, 2.24) is 4.98 Å². The second-order valence-electron chi connectivity index (χ2n) is 4.89. The summed E-state index contributed by atoms with van der Waals surface area (Å²) >= 11 is 0. The molecule has 22 heavy (non-hydrogen) atoms. The summed E-state index contributed by atoms with van der Waals surface area (Å²) in [5, 5.41) is 0.661. The van der Waals surface area contributed by atoms with E-state index in [1.165, 1.54) is 0 Å². The SMILES string of the molecule is CCOC(=O)c1ccc(-c2cc(=O)c3ccccc3[nH]2)cc1. The maximum atomic E-state index is 12.1. The normalized spacial score (nSPS) is 10.6. The Labute approximate surface area is 127 Å². The number of pyridine rings is 1. The summed E-state index contributed by atoms with van der Waals surface area (Å²) in [5.41, 5.74) is 2.82. The highest BCUT2D eigenvalue weighted by Crippen LogP contribution is 2.19. The van der Waals surface area contributed by atoms with E-state index in [9.17, 15) is 9.59 Å². The van der Waals surface area contributed by atoms with Crippen molar-refractivity contribution in [3.05, 3.63) is 70.4 Å². The van der Waals surface area contributed by atoms with E-state index in [0.717, 1.165) is 16.8 Å². The van der Waals surface area contributed by atoms with Crippen molar-refractivity contribution in [1.29, 1.82) is 0 Å². The number of fused-ring (bicyclic) bond motifs is 1. The third-order valence-corrected chi connectivity index (χ3v) is 3.44. The van der Waals surface area contributed by atoms with Crippen LogP contribution in [0.4, 0.5) is 0 Å². The quantitative estimate of drug-likeness (QED) is 0.753. The van der Waals surface area contributed by atoms with Gasteiger partial charge in [-0.2, -0.15) is 0 Å². The van der Waals surface area contributed by atoms with E-state index in [2.05, 4.69) is 4.98 Å². The van der Waals surface area contributed by atoms with Crippen LogP contribution in [0.25, 0.3) is 22.2 Å². The number of hydrogen-bond acceptors (Lipinski definition) is 3. The number of ether oxygens (including phenoxy) is 1. The Morgan fingerprint density at radius 1 is 1.09 bits per heavy atom. The predicted molar refractivity (Wildman–Crippen MR) is 86.0 cm³/mol. The highest BCUT2D eigenvalue weighted by Gasteiger charge is 2.08. The second kappa shape index (κ2) is 5.85. The number of benzene rings is 2. The lowest BCUT2D eigenvalue weighted by Gasteiger charge is -2.06. The lowest BCUT2D eigenvalue weighted by molar-refractivity contribution is 0.0526. The molecule has 0 aliphatic heterocycles. The van der Waals surface area contributed by atoms with Crippen molar-refractivity contribution in [2.24, 2.45) is 0 Å². The Bertz CT molecular complexity index is 879. The van der Waals surface area contributed by atoms with E-state index in [1.54, 1.807) is 43.3 Å². The van der Waals surface area contributed by atoms with Crippen LogP contribution in [0.5, 0.6) is 0 Å². The average molecular weight is 293 g/mol. The number of carbonyl (C=O) groups is 1. The van der Waals surface area contributed by atoms with Gasteiger partial charge >= 0.3 is 5.97 Å². The van der Waals surface area contributed by atoms with Crippen molar-refractivity contribution >= 4 is 16.9 Å². The van der Waals surface area contributed by atoms with Gasteiger partial charge in [0.15, 0.2) is 5.43 Å². The van der Waals surface area contributed by atoms with Gasteiger partial charge in [-0.15, -0.1) is 0 Å². The molecule has 0 unspecified atom stereocenters. The van der Waals surface area contributed by atoms with Crippen LogP contribution >= 0.6 is 0 Å². The molecule has 0 amide bonds. The number of rotatable bonds is 3. The van der Waals surface area contributed by atoms with Crippen molar-refractivity contribution < 1.29 is 9.53 Å². The van der Waals surface area contributed by atoms with E-state index in [-0.39, 0.29) is 11.4 Å². The molecular formula is C18H15NO3. The Morgan fingerprint density at radius 3 is 2.55 bits per heavy atom. The summed E-state index contributed by atoms with van der Waals surface area (Å²) in [5.74, 6) is -0.346. The first-order valence-electron chi connectivity index (χ1n) is 7.08. The van der Waals surface area contributed by atoms with Crippen LogP contribution in [0.1, 0.15) is 17.3 Å². The van der Waals surface area contributed by atoms with Gasteiger partial charge in [-0.1, -0.05) is 24.3 Å². The van der Waals surface area contributed by atoms with Crippen molar-refractivity contribution in [2.75, 3.05) is 6.61 Å². The molecule has 3 rings (SSSR count). The van der Waals surface area contributed by atoms with Crippen molar-refractivity contribution in [3.8, 4) is 11.3 Å². The lowest BCUT2D eigenvalue weighted by atomic mass is 10.1. The van der Waals surface area contributed by atoms with E-state index in [4.69, 9.17) is 4.74 Å². The summed E-state index contributed by atoms with van der Waals surface area (Å²) in [4.78, 5) is 27.0. The molecule has 0 saturated carbocycles. The largest absolute Gasteiger partial charge is 0.462 e. The topological polar surface area (TPSA) is 59.2 Å². The van der Waals surface area contributed by atoms with Crippen LogP contribution in [-0.4, -0.2) is 17.6 Å². The number of esters is 1. The Kier molecular flexibility index (Phi) is 3.74. The number of H-pyrrole nitrogens is 1. The molecule has 0 saturated heterocycles. The molecule has 110 valence electrons. The van der Waals surface area contributed by atoms with E-state index in [0.29, 0.717) is 17.6 Å². The van der Waals surface area contributed by atoms with Crippen LogP contribution in [0.3, 0.4) is 0 Å². The number of hydrogen-bond donors (Lipinski definition) is 1. The van der Waals surface area contributed by atoms with Gasteiger partial charge in [0.05, 0.1) is 12.2 Å². The molecule has 2 aromatic carbocycles. The molecule has 1 N–H and O–H groups in total. The number of aromatic nitrogens is 1. The summed E-state index contributed by atoms with van der Waals surface area (Å²) in [7, 11) is 0. The van der Waals surface area contributed by atoms with Crippen LogP contribution in [0.15, 0.2) is 59.4 Å². The minimum atomic E-state index is -0.346. The van der Waals surface area contributed by atoms with Gasteiger partial charge in [-0.05, 0) is 36.8 Å². The summed E-state index contributed by atoms with van der Waals surface area (Å²) < 4.78 is 4.95. The molecule has 1 heterocycles. The minimum Gasteiger partial charge on any atom is -0.462 e. The number of carbonyl (C=O) groups excluding carboxylic acids is 1. The Hall–Kier alpha value is -2.88. The zero-order chi connectivity index (χ0) is 15.5. The van der Waals surface area contributed by atoms with Gasteiger partial charge in [0.2, 0.25) is 0 Å². The molecular weight excluding hydrogens is 278 g/mol. The van der Waals surface area contributed by atoms with Crippen molar-refractivity contribution in [2.45, 2.75) is 6.92 Å². The first-order valence-corrected chi connectivity index (χ1v) is 7.08. The first-order chi connectivity index (χ1) is 10.7. The van der Waals surface area contributed by atoms with Gasteiger partial charge in [-0.3, -0.25) is 4.79 Å². The zero-order valence-corrected chi connectivity index (χ0v) is 12.1. The maximum Gasteiger partial charge on any atom is 0.338 e. The molecule has 1 aromatic heterocycles. The lowest BCUT2D eigenvalue weighted by Crippen LogP contribution is -2.05. The van der Waals surface area contributed by atoms with E-state index in [1.807, 2.05) is 18.2 Å². The maximum absolute atomic E-state index is 12.1. The monoisotopic (exact) mass is 293 g/mol. The Balaban J connectivity index is 2.01. The van der Waals surface area contributed by atoms with Crippen LogP contribution < -0.4 is 5.43 Å². The van der Waals surface area contributed by atoms with Crippen LogP contribution in [0, 0.1) is 0 Å². The second-order valence-corrected chi connectivity index (χ2v) is 4.89. The van der Waals surface area contributed by atoms with Gasteiger partial charge in [0, 0.05) is 22.7 Å². The van der Waals surface area contributed by atoms with Gasteiger partial charge in [0.1, 0.15) is 0 Å². The molecule has 0 atom stereocenters. The third-order valence-electron chi connectivity index (χ3n) is 3.44. The highest BCUT2D eigenvalue weighted by molar-refractivity contribution is 5.90.